The lowest BCUT2D eigenvalue weighted by molar-refractivity contribution is 0.614. The first-order valence-electron chi connectivity index (χ1n) is 5.80. The highest BCUT2D eigenvalue weighted by atomic mass is 127. The summed E-state index contributed by atoms with van der Waals surface area (Å²) in [7, 11) is 1.92. The summed E-state index contributed by atoms with van der Waals surface area (Å²) >= 11 is 2.30. The molecular weight excluding hydrogens is 340 g/mol. The SMILES string of the molecule is CNC(c1cccc(I)c1)c1ccc(F)c(C)c1. The Labute approximate surface area is 121 Å². The van der Waals surface area contributed by atoms with Gasteiger partial charge in [-0.25, -0.2) is 4.39 Å². The number of benzene rings is 2. The van der Waals surface area contributed by atoms with E-state index in [4.69, 9.17) is 0 Å². The van der Waals surface area contributed by atoms with E-state index in [1.807, 2.05) is 25.2 Å². The summed E-state index contributed by atoms with van der Waals surface area (Å²) in [5.41, 5.74) is 2.95. The first-order valence-corrected chi connectivity index (χ1v) is 6.88. The van der Waals surface area contributed by atoms with Crippen LogP contribution in [0.3, 0.4) is 0 Å². The molecule has 18 heavy (non-hydrogen) atoms. The lowest BCUT2D eigenvalue weighted by Gasteiger charge is -2.18. The topological polar surface area (TPSA) is 12.0 Å². The fourth-order valence-electron chi connectivity index (χ4n) is 2.06. The Bertz CT molecular complexity index is 554. The third-order valence-corrected chi connectivity index (χ3v) is 3.66. The Morgan fingerprint density at radius 1 is 1.11 bits per heavy atom. The van der Waals surface area contributed by atoms with Crippen molar-refractivity contribution in [2.24, 2.45) is 0 Å². The van der Waals surface area contributed by atoms with Crippen LogP contribution in [0, 0.1) is 16.3 Å². The summed E-state index contributed by atoms with van der Waals surface area (Å²) in [6.45, 7) is 1.79. The third kappa shape index (κ3) is 2.90. The molecule has 0 aliphatic carbocycles. The second kappa shape index (κ2) is 5.80. The quantitative estimate of drug-likeness (QED) is 0.820. The zero-order valence-corrected chi connectivity index (χ0v) is 12.5. The van der Waals surface area contributed by atoms with E-state index in [1.165, 1.54) is 15.2 Å². The van der Waals surface area contributed by atoms with E-state index < -0.39 is 0 Å². The lowest BCUT2D eigenvalue weighted by atomic mass is 9.97. The van der Waals surface area contributed by atoms with Gasteiger partial charge in [0.05, 0.1) is 6.04 Å². The Morgan fingerprint density at radius 3 is 2.44 bits per heavy atom. The molecule has 0 radical (unpaired) electrons. The summed E-state index contributed by atoms with van der Waals surface area (Å²) in [4.78, 5) is 0. The molecule has 1 atom stereocenters. The highest BCUT2D eigenvalue weighted by Gasteiger charge is 2.13. The molecule has 2 rings (SSSR count). The number of hydrogen-bond acceptors (Lipinski definition) is 1. The van der Waals surface area contributed by atoms with Crippen molar-refractivity contribution in [3.05, 3.63) is 68.5 Å². The fraction of sp³-hybridized carbons (Fsp3) is 0.200. The minimum atomic E-state index is -0.156. The normalized spacial score (nSPS) is 12.4. The molecule has 0 spiro atoms. The number of rotatable bonds is 3. The van der Waals surface area contributed by atoms with Gasteiger partial charge in [0.15, 0.2) is 0 Å². The molecule has 0 bridgehead atoms. The predicted molar refractivity (Wildman–Crippen MR) is 81.2 cm³/mol. The maximum absolute atomic E-state index is 13.3. The maximum atomic E-state index is 13.3. The van der Waals surface area contributed by atoms with E-state index in [9.17, 15) is 4.39 Å². The van der Waals surface area contributed by atoms with Crippen LogP contribution in [0.2, 0.25) is 0 Å². The van der Waals surface area contributed by atoms with Gasteiger partial charge in [0.25, 0.3) is 0 Å². The molecule has 0 heterocycles. The van der Waals surface area contributed by atoms with Crippen molar-refractivity contribution < 1.29 is 4.39 Å². The van der Waals surface area contributed by atoms with E-state index in [0.29, 0.717) is 5.56 Å². The number of aryl methyl sites for hydroxylation is 1. The lowest BCUT2D eigenvalue weighted by Crippen LogP contribution is -2.18. The van der Waals surface area contributed by atoms with Crippen LogP contribution in [-0.4, -0.2) is 7.05 Å². The van der Waals surface area contributed by atoms with Gasteiger partial charge in [-0.15, -0.1) is 0 Å². The molecule has 0 aromatic heterocycles. The number of hydrogen-bond donors (Lipinski definition) is 1. The van der Waals surface area contributed by atoms with Gasteiger partial charge in [-0.05, 0) is 71.5 Å². The van der Waals surface area contributed by atoms with Crippen LogP contribution < -0.4 is 5.32 Å². The highest BCUT2D eigenvalue weighted by Crippen LogP contribution is 2.24. The van der Waals surface area contributed by atoms with Crippen LogP contribution in [0.5, 0.6) is 0 Å². The molecule has 0 amide bonds. The second-order valence-electron chi connectivity index (χ2n) is 4.29. The third-order valence-electron chi connectivity index (χ3n) is 2.99. The summed E-state index contributed by atoms with van der Waals surface area (Å²) in [5.74, 6) is -0.156. The van der Waals surface area contributed by atoms with Gasteiger partial charge < -0.3 is 5.32 Å². The fourth-order valence-corrected chi connectivity index (χ4v) is 2.63. The van der Waals surface area contributed by atoms with E-state index in [0.717, 1.165) is 5.56 Å². The van der Waals surface area contributed by atoms with Crippen molar-refractivity contribution >= 4 is 22.6 Å². The molecule has 1 N–H and O–H groups in total. The monoisotopic (exact) mass is 355 g/mol. The first kappa shape index (κ1) is 13.5. The minimum Gasteiger partial charge on any atom is -0.309 e. The van der Waals surface area contributed by atoms with Crippen LogP contribution in [0.1, 0.15) is 22.7 Å². The first-order chi connectivity index (χ1) is 8.61. The van der Waals surface area contributed by atoms with E-state index in [1.54, 1.807) is 6.92 Å². The Morgan fingerprint density at radius 2 is 1.83 bits per heavy atom. The van der Waals surface area contributed by atoms with Crippen LogP contribution >= 0.6 is 22.6 Å². The van der Waals surface area contributed by atoms with Crippen LogP contribution in [0.4, 0.5) is 4.39 Å². The molecule has 94 valence electrons. The second-order valence-corrected chi connectivity index (χ2v) is 5.53. The smallest absolute Gasteiger partial charge is 0.126 e. The van der Waals surface area contributed by atoms with E-state index in [2.05, 4.69) is 46.1 Å². The Hall–Kier alpha value is -0.940. The molecule has 0 saturated carbocycles. The Balaban J connectivity index is 2.42. The number of halogens is 2. The zero-order chi connectivity index (χ0) is 13.1. The van der Waals surface area contributed by atoms with Crippen molar-refractivity contribution in [2.45, 2.75) is 13.0 Å². The van der Waals surface area contributed by atoms with Crippen molar-refractivity contribution in [2.75, 3.05) is 7.05 Å². The van der Waals surface area contributed by atoms with Crippen LogP contribution in [0.15, 0.2) is 42.5 Å². The molecule has 0 aliphatic rings. The van der Waals surface area contributed by atoms with Crippen molar-refractivity contribution in [1.82, 2.24) is 5.32 Å². The van der Waals surface area contributed by atoms with Gasteiger partial charge >= 0.3 is 0 Å². The molecule has 1 nitrogen and oxygen atoms in total. The van der Waals surface area contributed by atoms with Crippen molar-refractivity contribution in [1.29, 1.82) is 0 Å². The van der Waals surface area contributed by atoms with Crippen molar-refractivity contribution in [3.8, 4) is 0 Å². The predicted octanol–water partition coefficient (Wildman–Crippen LogP) is 4.05. The summed E-state index contributed by atoms with van der Waals surface area (Å²) in [6.07, 6.45) is 0. The van der Waals surface area contributed by atoms with Gasteiger partial charge in [-0.1, -0.05) is 24.3 Å². The van der Waals surface area contributed by atoms with E-state index in [-0.39, 0.29) is 11.9 Å². The van der Waals surface area contributed by atoms with Gasteiger partial charge in [0, 0.05) is 3.57 Å². The van der Waals surface area contributed by atoms with E-state index >= 15 is 0 Å². The average Bonchev–Trinajstić information content (AvgIpc) is 2.35. The summed E-state index contributed by atoms with van der Waals surface area (Å²) in [5, 5.41) is 3.28. The largest absolute Gasteiger partial charge is 0.309 e. The zero-order valence-electron chi connectivity index (χ0n) is 10.4. The average molecular weight is 355 g/mol. The summed E-state index contributed by atoms with van der Waals surface area (Å²) < 4.78 is 14.5. The Kier molecular flexibility index (Phi) is 4.35. The van der Waals surface area contributed by atoms with Gasteiger partial charge in [-0.2, -0.15) is 0 Å². The van der Waals surface area contributed by atoms with Gasteiger partial charge in [-0.3, -0.25) is 0 Å². The summed E-state index contributed by atoms with van der Waals surface area (Å²) in [6, 6.07) is 13.7. The number of nitrogens with one attached hydrogen (secondary N) is 1. The molecule has 3 heteroatoms. The molecule has 0 fully saturated rings. The molecule has 2 aromatic carbocycles. The highest BCUT2D eigenvalue weighted by molar-refractivity contribution is 14.1. The standard InChI is InChI=1S/C15H15FIN/c1-10-8-12(6-7-14(10)16)15(18-2)11-4-3-5-13(17)9-11/h3-9,15,18H,1-2H3. The molecular formula is C15H15FIN. The molecule has 1 unspecified atom stereocenters. The molecule has 0 aliphatic heterocycles. The molecule has 0 saturated heterocycles. The van der Waals surface area contributed by atoms with Crippen LogP contribution in [-0.2, 0) is 0 Å². The maximum Gasteiger partial charge on any atom is 0.126 e. The van der Waals surface area contributed by atoms with Gasteiger partial charge in [0.1, 0.15) is 5.82 Å². The minimum absolute atomic E-state index is 0.0963. The van der Waals surface area contributed by atoms with Gasteiger partial charge in [0.2, 0.25) is 0 Å². The van der Waals surface area contributed by atoms with Crippen LogP contribution in [0.25, 0.3) is 0 Å². The van der Waals surface area contributed by atoms with Crippen molar-refractivity contribution in [3.63, 3.8) is 0 Å². The molecule has 2 aromatic rings.